The van der Waals surface area contributed by atoms with Gasteiger partial charge in [-0.3, -0.25) is 0 Å². The van der Waals surface area contributed by atoms with E-state index in [1.165, 1.54) is 19.3 Å². The van der Waals surface area contributed by atoms with E-state index in [9.17, 15) is 0 Å². The molecule has 3 heteroatoms. The molecule has 0 aliphatic carbocycles. The lowest BCUT2D eigenvalue weighted by molar-refractivity contribution is 0.414. The summed E-state index contributed by atoms with van der Waals surface area (Å²) in [6, 6.07) is 5.84. The maximum Gasteiger partial charge on any atom is 0.120 e. The normalized spacial score (nSPS) is 12.4. The summed E-state index contributed by atoms with van der Waals surface area (Å²) in [6.07, 6.45) is 3.89. The quantitative estimate of drug-likeness (QED) is 0.584. The first-order valence-electron chi connectivity index (χ1n) is 6.23. The van der Waals surface area contributed by atoms with E-state index in [1.807, 2.05) is 30.0 Å². The number of nitrogens with two attached hydrogens (primary N) is 1. The topological polar surface area (TPSA) is 35.2 Å². The average Bonchev–Trinajstić information content (AvgIpc) is 2.35. The summed E-state index contributed by atoms with van der Waals surface area (Å²) >= 11 is 1.83. The third-order valence-corrected chi connectivity index (χ3v) is 4.19. The Kier molecular flexibility index (Phi) is 6.27. The molecular formula is C14H23NOS. The Morgan fingerprint density at radius 3 is 2.82 bits per heavy atom. The minimum atomic E-state index is 0.741. The largest absolute Gasteiger partial charge is 0.497 e. The summed E-state index contributed by atoms with van der Waals surface area (Å²) in [4.78, 5) is 1.13. The zero-order valence-corrected chi connectivity index (χ0v) is 11.8. The van der Waals surface area contributed by atoms with E-state index < -0.39 is 0 Å². The number of unbranched alkanes of at least 4 members (excludes halogenated alkanes) is 1. The predicted molar refractivity (Wildman–Crippen MR) is 76.8 cm³/mol. The molecule has 0 aliphatic rings. The van der Waals surface area contributed by atoms with Gasteiger partial charge < -0.3 is 10.5 Å². The number of ether oxygens (including phenoxy) is 1. The zero-order chi connectivity index (χ0) is 12.7. The monoisotopic (exact) mass is 253 g/mol. The maximum atomic E-state index is 5.95. The van der Waals surface area contributed by atoms with Crippen molar-refractivity contribution in [2.45, 2.75) is 38.0 Å². The van der Waals surface area contributed by atoms with E-state index in [2.05, 4.69) is 13.8 Å². The van der Waals surface area contributed by atoms with Gasteiger partial charge in [0.1, 0.15) is 5.75 Å². The van der Waals surface area contributed by atoms with Crippen LogP contribution in [0, 0.1) is 5.92 Å². The van der Waals surface area contributed by atoms with Gasteiger partial charge in [0.05, 0.1) is 7.11 Å². The van der Waals surface area contributed by atoms with Gasteiger partial charge in [0, 0.05) is 16.3 Å². The summed E-state index contributed by atoms with van der Waals surface area (Å²) in [5.41, 5.74) is 6.80. The fourth-order valence-corrected chi connectivity index (χ4v) is 2.70. The van der Waals surface area contributed by atoms with Gasteiger partial charge in [0.15, 0.2) is 0 Å². The maximum absolute atomic E-state index is 5.95. The smallest absolute Gasteiger partial charge is 0.120 e. The van der Waals surface area contributed by atoms with Crippen LogP contribution < -0.4 is 10.5 Å². The molecule has 0 bridgehead atoms. The number of nitrogen functional groups attached to an aromatic ring is 1. The molecule has 1 unspecified atom stereocenters. The highest BCUT2D eigenvalue weighted by Gasteiger charge is 2.06. The minimum Gasteiger partial charge on any atom is -0.497 e. The summed E-state index contributed by atoms with van der Waals surface area (Å²) in [6.45, 7) is 4.54. The van der Waals surface area contributed by atoms with E-state index in [4.69, 9.17) is 10.5 Å². The van der Waals surface area contributed by atoms with Crippen molar-refractivity contribution in [2.75, 3.05) is 18.6 Å². The van der Waals surface area contributed by atoms with Gasteiger partial charge in [0.25, 0.3) is 0 Å². The second-order valence-corrected chi connectivity index (χ2v) is 5.52. The highest BCUT2D eigenvalue weighted by molar-refractivity contribution is 7.99. The molecule has 1 aromatic rings. The molecule has 2 nitrogen and oxygen atoms in total. The van der Waals surface area contributed by atoms with Crippen LogP contribution in [0.3, 0.4) is 0 Å². The Morgan fingerprint density at radius 1 is 1.41 bits per heavy atom. The molecule has 0 heterocycles. The molecule has 17 heavy (non-hydrogen) atoms. The summed E-state index contributed by atoms with van der Waals surface area (Å²) in [5, 5.41) is 0. The fourth-order valence-electron chi connectivity index (χ4n) is 1.63. The number of thioether (sulfide) groups is 1. The fraction of sp³-hybridized carbons (Fsp3) is 0.571. The van der Waals surface area contributed by atoms with Crippen LogP contribution in [-0.2, 0) is 0 Å². The Morgan fingerprint density at radius 2 is 2.18 bits per heavy atom. The van der Waals surface area contributed by atoms with E-state index in [-0.39, 0.29) is 0 Å². The minimum absolute atomic E-state index is 0.741. The van der Waals surface area contributed by atoms with Crippen LogP contribution in [0.25, 0.3) is 0 Å². The third kappa shape index (κ3) is 4.90. The molecule has 0 saturated heterocycles. The first kappa shape index (κ1) is 14.2. The lowest BCUT2D eigenvalue weighted by Crippen LogP contribution is -1.99. The van der Waals surface area contributed by atoms with Crippen molar-refractivity contribution in [1.82, 2.24) is 0 Å². The van der Waals surface area contributed by atoms with Crippen LogP contribution in [0.4, 0.5) is 5.69 Å². The highest BCUT2D eigenvalue weighted by atomic mass is 32.2. The Bertz CT molecular complexity index is 341. The Balaban J connectivity index is 2.50. The third-order valence-electron chi connectivity index (χ3n) is 2.79. The second-order valence-electron chi connectivity index (χ2n) is 4.46. The first-order valence-corrected chi connectivity index (χ1v) is 7.22. The Hall–Kier alpha value is -0.830. The molecule has 0 fully saturated rings. The second kappa shape index (κ2) is 7.49. The van der Waals surface area contributed by atoms with Crippen molar-refractivity contribution >= 4 is 17.4 Å². The number of hydrogen-bond acceptors (Lipinski definition) is 3. The van der Waals surface area contributed by atoms with Crippen LogP contribution in [-0.4, -0.2) is 12.9 Å². The molecule has 0 aromatic heterocycles. The van der Waals surface area contributed by atoms with Gasteiger partial charge in [-0.2, -0.15) is 0 Å². The first-order chi connectivity index (χ1) is 8.17. The standard InChI is InChI=1S/C14H23NOS/c1-4-5-6-11(2)10-17-14-9-12(16-3)7-8-13(14)15/h7-9,11H,4-6,10,15H2,1-3H3. The highest BCUT2D eigenvalue weighted by Crippen LogP contribution is 2.31. The number of benzene rings is 1. The SMILES string of the molecule is CCCCC(C)CSc1cc(OC)ccc1N. The molecule has 0 radical (unpaired) electrons. The van der Waals surface area contributed by atoms with Gasteiger partial charge >= 0.3 is 0 Å². The molecule has 1 atom stereocenters. The summed E-state index contributed by atoms with van der Waals surface area (Å²) in [5.74, 6) is 2.74. The molecule has 1 rings (SSSR count). The van der Waals surface area contributed by atoms with Crippen molar-refractivity contribution in [2.24, 2.45) is 5.92 Å². The van der Waals surface area contributed by atoms with Crippen molar-refractivity contribution in [3.8, 4) is 5.75 Å². The Labute approximate surface area is 109 Å². The molecular weight excluding hydrogens is 230 g/mol. The van der Waals surface area contributed by atoms with Crippen molar-refractivity contribution in [3.63, 3.8) is 0 Å². The molecule has 2 N–H and O–H groups in total. The predicted octanol–water partition coefficient (Wildman–Crippen LogP) is 4.20. The molecule has 0 saturated carbocycles. The number of anilines is 1. The van der Waals surface area contributed by atoms with E-state index in [0.717, 1.165) is 28.0 Å². The molecule has 0 aliphatic heterocycles. The van der Waals surface area contributed by atoms with Gasteiger partial charge in [-0.15, -0.1) is 11.8 Å². The van der Waals surface area contributed by atoms with Crippen molar-refractivity contribution in [3.05, 3.63) is 18.2 Å². The van der Waals surface area contributed by atoms with Crippen LogP contribution in [0.1, 0.15) is 33.1 Å². The molecule has 0 spiro atoms. The lowest BCUT2D eigenvalue weighted by atomic mass is 10.1. The van der Waals surface area contributed by atoms with Gasteiger partial charge in [-0.05, 0) is 30.5 Å². The van der Waals surface area contributed by atoms with Gasteiger partial charge in [-0.25, -0.2) is 0 Å². The molecule has 96 valence electrons. The van der Waals surface area contributed by atoms with E-state index >= 15 is 0 Å². The molecule has 1 aromatic carbocycles. The van der Waals surface area contributed by atoms with Crippen LogP contribution in [0.5, 0.6) is 5.75 Å². The average molecular weight is 253 g/mol. The molecule has 0 amide bonds. The van der Waals surface area contributed by atoms with Crippen LogP contribution >= 0.6 is 11.8 Å². The van der Waals surface area contributed by atoms with Crippen molar-refractivity contribution in [1.29, 1.82) is 0 Å². The van der Waals surface area contributed by atoms with Crippen LogP contribution in [0.2, 0.25) is 0 Å². The van der Waals surface area contributed by atoms with Crippen molar-refractivity contribution < 1.29 is 4.74 Å². The number of hydrogen-bond donors (Lipinski definition) is 1. The van der Waals surface area contributed by atoms with Crippen LogP contribution in [0.15, 0.2) is 23.1 Å². The number of methoxy groups -OCH3 is 1. The van der Waals surface area contributed by atoms with Gasteiger partial charge in [-0.1, -0.05) is 26.7 Å². The van der Waals surface area contributed by atoms with E-state index in [1.54, 1.807) is 7.11 Å². The van der Waals surface area contributed by atoms with Gasteiger partial charge in [0.2, 0.25) is 0 Å². The zero-order valence-electron chi connectivity index (χ0n) is 11.0. The summed E-state index contributed by atoms with van der Waals surface area (Å²) in [7, 11) is 1.68. The number of rotatable bonds is 7. The lowest BCUT2D eigenvalue weighted by Gasteiger charge is -2.12. The van der Waals surface area contributed by atoms with E-state index in [0.29, 0.717) is 0 Å². The summed E-state index contributed by atoms with van der Waals surface area (Å²) < 4.78 is 5.21.